The van der Waals surface area contributed by atoms with E-state index in [2.05, 4.69) is 10.3 Å². The predicted molar refractivity (Wildman–Crippen MR) is 101 cm³/mol. The van der Waals surface area contributed by atoms with Crippen LogP contribution in [0, 0.1) is 6.92 Å². The van der Waals surface area contributed by atoms with Gasteiger partial charge in [-0.2, -0.15) is 8.78 Å². The summed E-state index contributed by atoms with van der Waals surface area (Å²) in [6.07, 6.45) is -1.91. The van der Waals surface area contributed by atoms with Crippen molar-refractivity contribution in [2.24, 2.45) is 0 Å². The van der Waals surface area contributed by atoms with Gasteiger partial charge in [-0.05, 0) is 31.0 Å². The van der Waals surface area contributed by atoms with E-state index in [0.29, 0.717) is 17.7 Å². The Hall–Kier alpha value is -3.23. The maximum Gasteiger partial charge on any atom is 0.397 e. The van der Waals surface area contributed by atoms with E-state index < -0.39 is 24.6 Å². The third kappa shape index (κ3) is 4.44. The van der Waals surface area contributed by atoms with Crippen molar-refractivity contribution in [2.75, 3.05) is 4.90 Å². The molecule has 1 aliphatic rings. The summed E-state index contributed by atoms with van der Waals surface area (Å²) < 4.78 is 37.5. The molecule has 1 aromatic heterocycles. The van der Waals surface area contributed by atoms with Crippen molar-refractivity contribution < 1.29 is 27.8 Å². The lowest BCUT2D eigenvalue weighted by atomic mass is 10.2. The number of imide groups is 1. The molecule has 0 bridgehead atoms. The molecule has 1 aromatic carbocycles. The van der Waals surface area contributed by atoms with Gasteiger partial charge in [0.15, 0.2) is 0 Å². The molecule has 1 atom stereocenters. The van der Waals surface area contributed by atoms with Crippen LogP contribution in [0.15, 0.2) is 36.5 Å². The normalized spacial score (nSPS) is 16.7. The number of halogens is 2. The summed E-state index contributed by atoms with van der Waals surface area (Å²) in [5, 5.41) is 2.59. The molecule has 1 N–H and O–H groups in total. The lowest BCUT2D eigenvalue weighted by molar-refractivity contribution is -0.177. The Morgan fingerprint density at radius 2 is 1.97 bits per heavy atom. The number of carbonyl (C=O) groups is 2. The van der Waals surface area contributed by atoms with Crippen molar-refractivity contribution in [3.8, 4) is 17.4 Å². The second kappa shape index (κ2) is 8.02. The van der Waals surface area contributed by atoms with Gasteiger partial charge in [-0.15, -0.1) is 0 Å². The molecule has 7 nitrogen and oxygen atoms in total. The number of anilines is 1. The Kier molecular flexibility index (Phi) is 5.67. The van der Waals surface area contributed by atoms with Crippen molar-refractivity contribution >= 4 is 17.6 Å². The fraction of sp³-hybridized carbons (Fsp3) is 0.350. The Labute approximate surface area is 166 Å². The maximum absolute atomic E-state index is 13.5. The van der Waals surface area contributed by atoms with Crippen LogP contribution >= 0.6 is 0 Å². The monoisotopic (exact) mass is 405 g/mol. The van der Waals surface area contributed by atoms with Crippen LogP contribution in [-0.4, -0.2) is 29.1 Å². The first-order valence-electron chi connectivity index (χ1n) is 9.20. The minimum absolute atomic E-state index is 0.0101. The molecule has 1 saturated heterocycles. The molecule has 154 valence electrons. The van der Waals surface area contributed by atoms with Gasteiger partial charge >= 0.3 is 12.1 Å². The number of amides is 3. The fourth-order valence-corrected chi connectivity index (χ4v) is 2.73. The van der Waals surface area contributed by atoms with Gasteiger partial charge in [-0.3, -0.25) is 4.79 Å². The summed E-state index contributed by atoms with van der Waals surface area (Å²) >= 11 is 0. The number of urea groups is 1. The quantitative estimate of drug-likeness (QED) is 0.691. The molecular weight excluding hydrogens is 384 g/mol. The number of rotatable bonds is 7. The molecular formula is C20H21F2N3O4. The van der Waals surface area contributed by atoms with E-state index in [4.69, 9.17) is 9.47 Å². The van der Waals surface area contributed by atoms with Gasteiger partial charge in [0.1, 0.15) is 17.5 Å². The summed E-state index contributed by atoms with van der Waals surface area (Å²) in [5.74, 6) is 0.102. The zero-order chi connectivity index (χ0) is 21.2. The molecule has 3 rings (SSSR count). The van der Waals surface area contributed by atoms with E-state index in [1.807, 2.05) is 0 Å². The number of ether oxygens (including phenoxy) is 2. The minimum atomic E-state index is -3.28. The molecule has 1 aliphatic heterocycles. The lowest BCUT2D eigenvalue weighted by Gasteiger charge is -2.18. The number of nitrogens with zero attached hydrogens (tertiary/aromatic N) is 2. The summed E-state index contributed by atoms with van der Waals surface area (Å²) in [6, 6.07) is 6.51. The first kappa shape index (κ1) is 20.5. The highest BCUT2D eigenvalue weighted by molar-refractivity contribution is 6.21. The van der Waals surface area contributed by atoms with E-state index in [1.54, 1.807) is 26.0 Å². The Morgan fingerprint density at radius 1 is 1.21 bits per heavy atom. The third-order valence-corrected chi connectivity index (χ3v) is 4.46. The van der Waals surface area contributed by atoms with Gasteiger partial charge in [0.2, 0.25) is 5.88 Å². The standard InChI is InChI=1S/C20H21F2N3O4/c1-4-15-18(26)25(19(27)24-15)13-7-9-17(23-11-13)28-14-8-6-12(3)16(10-14)29-20(21,22)5-2/h6-11,15H,4-5H2,1-3H3,(H,24,27)/t15-/m1/s1. The zero-order valence-electron chi connectivity index (χ0n) is 16.2. The van der Waals surface area contributed by atoms with Crippen LogP contribution in [0.1, 0.15) is 32.3 Å². The van der Waals surface area contributed by atoms with Gasteiger partial charge in [0.25, 0.3) is 5.91 Å². The van der Waals surface area contributed by atoms with Crippen LogP contribution in [0.5, 0.6) is 17.4 Å². The molecule has 3 amide bonds. The SMILES string of the molecule is CC[C@H]1NC(=O)N(c2ccc(Oc3ccc(C)c(OC(F)(F)CC)c3)nc2)C1=O. The highest BCUT2D eigenvalue weighted by Crippen LogP contribution is 2.32. The van der Waals surface area contributed by atoms with Gasteiger partial charge in [-0.25, -0.2) is 14.7 Å². The molecule has 0 radical (unpaired) electrons. The number of nitrogens with one attached hydrogen (secondary N) is 1. The van der Waals surface area contributed by atoms with E-state index in [0.717, 1.165) is 4.90 Å². The molecule has 2 aromatic rings. The third-order valence-electron chi connectivity index (χ3n) is 4.46. The first-order chi connectivity index (χ1) is 13.7. The predicted octanol–water partition coefficient (Wildman–Crippen LogP) is 4.40. The molecule has 29 heavy (non-hydrogen) atoms. The van der Waals surface area contributed by atoms with Crippen LogP contribution in [0.2, 0.25) is 0 Å². The molecule has 0 unspecified atom stereocenters. The van der Waals surface area contributed by atoms with Crippen molar-refractivity contribution in [3.05, 3.63) is 42.1 Å². The fourth-order valence-electron chi connectivity index (χ4n) is 2.73. The Balaban J connectivity index is 1.75. The van der Waals surface area contributed by atoms with Gasteiger partial charge < -0.3 is 14.8 Å². The van der Waals surface area contributed by atoms with E-state index in [9.17, 15) is 18.4 Å². The number of hydrogen-bond acceptors (Lipinski definition) is 5. The number of hydrogen-bond donors (Lipinski definition) is 1. The topological polar surface area (TPSA) is 80.8 Å². The van der Waals surface area contributed by atoms with Crippen LogP contribution < -0.4 is 19.7 Å². The summed E-state index contributed by atoms with van der Waals surface area (Å²) in [4.78, 5) is 29.4. The van der Waals surface area contributed by atoms with E-state index in [1.165, 1.54) is 31.3 Å². The maximum atomic E-state index is 13.5. The number of benzene rings is 1. The molecule has 2 heterocycles. The van der Waals surface area contributed by atoms with E-state index in [-0.39, 0.29) is 23.3 Å². The number of pyridine rings is 1. The van der Waals surface area contributed by atoms with Crippen molar-refractivity contribution in [3.63, 3.8) is 0 Å². The van der Waals surface area contributed by atoms with Crippen LogP contribution in [0.3, 0.4) is 0 Å². The molecule has 0 spiro atoms. The number of alkyl halides is 2. The molecule has 0 aliphatic carbocycles. The van der Waals surface area contributed by atoms with E-state index >= 15 is 0 Å². The van der Waals surface area contributed by atoms with Crippen LogP contribution in [0.25, 0.3) is 0 Å². The van der Waals surface area contributed by atoms with Gasteiger partial charge in [0.05, 0.1) is 11.9 Å². The van der Waals surface area contributed by atoms with Crippen LogP contribution in [0.4, 0.5) is 19.3 Å². The second-order valence-electron chi connectivity index (χ2n) is 6.56. The van der Waals surface area contributed by atoms with Crippen molar-refractivity contribution in [1.82, 2.24) is 10.3 Å². The highest BCUT2D eigenvalue weighted by atomic mass is 19.3. The summed E-state index contributed by atoms with van der Waals surface area (Å²) in [5.41, 5.74) is 0.851. The average Bonchev–Trinajstić information content (AvgIpc) is 2.98. The first-order valence-corrected chi connectivity index (χ1v) is 9.20. The largest absolute Gasteiger partial charge is 0.439 e. The van der Waals surface area contributed by atoms with Crippen molar-refractivity contribution in [1.29, 1.82) is 0 Å². The average molecular weight is 405 g/mol. The number of carbonyl (C=O) groups excluding carboxylic acids is 2. The lowest BCUT2D eigenvalue weighted by Crippen LogP contribution is -2.31. The second-order valence-corrected chi connectivity index (χ2v) is 6.56. The Bertz CT molecular complexity index is 918. The molecule has 1 fully saturated rings. The minimum Gasteiger partial charge on any atom is -0.439 e. The number of aryl methyl sites for hydroxylation is 1. The summed E-state index contributed by atoms with van der Waals surface area (Å²) in [6.45, 7) is 4.78. The number of aromatic nitrogens is 1. The van der Waals surface area contributed by atoms with Gasteiger partial charge in [0, 0.05) is 18.6 Å². The van der Waals surface area contributed by atoms with Gasteiger partial charge in [-0.1, -0.05) is 19.9 Å². The van der Waals surface area contributed by atoms with Crippen molar-refractivity contribution in [2.45, 2.75) is 45.8 Å². The summed E-state index contributed by atoms with van der Waals surface area (Å²) in [7, 11) is 0. The highest BCUT2D eigenvalue weighted by Gasteiger charge is 2.38. The van der Waals surface area contributed by atoms with Crippen LogP contribution in [-0.2, 0) is 4.79 Å². The smallest absolute Gasteiger partial charge is 0.397 e. The Morgan fingerprint density at radius 3 is 2.55 bits per heavy atom. The zero-order valence-corrected chi connectivity index (χ0v) is 16.2. The molecule has 0 saturated carbocycles. The molecule has 9 heteroatoms.